The SMILES string of the molecule is CC/C=C\C/C=C\C/C=C\C/C=C\C/C=C\C/C=C\C/C=C\CCCCCCCCCCCCCC(=O)OCC(COC(=O)CCCCCCCCCC)OC(=O)CCCCCCCCCCCCCCCCCCCCC. The second-order valence-corrected chi connectivity index (χ2v) is 22.4. The van der Waals surface area contributed by atoms with Gasteiger partial charge in [0.1, 0.15) is 13.2 Å². The molecule has 450 valence electrons. The Bertz CT molecular complexity index is 1480. The van der Waals surface area contributed by atoms with Gasteiger partial charge in [-0.1, -0.05) is 324 Å². The second kappa shape index (κ2) is 66.1. The molecule has 0 radical (unpaired) electrons. The first kappa shape index (κ1) is 74.6. The molecule has 0 heterocycles. The highest BCUT2D eigenvalue weighted by Gasteiger charge is 2.19. The Morgan fingerprint density at radius 1 is 0.269 bits per heavy atom. The molecule has 0 amide bonds. The van der Waals surface area contributed by atoms with E-state index in [1.54, 1.807) is 0 Å². The van der Waals surface area contributed by atoms with Crippen molar-refractivity contribution in [3.8, 4) is 0 Å². The van der Waals surface area contributed by atoms with Gasteiger partial charge in [-0.15, -0.1) is 0 Å². The molecule has 0 N–H and O–H groups in total. The van der Waals surface area contributed by atoms with E-state index in [2.05, 4.69) is 106 Å². The third-order valence-electron chi connectivity index (χ3n) is 14.7. The van der Waals surface area contributed by atoms with E-state index in [0.29, 0.717) is 19.3 Å². The first-order valence-corrected chi connectivity index (χ1v) is 33.6. The normalized spacial score (nSPS) is 12.6. The predicted octanol–water partition coefficient (Wildman–Crippen LogP) is 23.1. The minimum atomic E-state index is -0.772. The average Bonchev–Trinajstić information content (AvgIpc) is 3.44. The third kappa shape index (κ3) is 63.4. The molecule has 0 saturated heterocycles. The van der Waals surface area contributed by atoms with Gasteiger partial charge in [0.25, 0.3) is 0 Å². The molecule has 0 fully saturated rings. The molecule has 0 aromatic carbocycles. The lowest BCUT2D eigenvalue weighted by atomic mass is 10.0. The van der Waals surface area contributed by atoms with Crippen LogP contribution in [0.5, 0.6) is 0 Å². The Kier molecular flexibility index (Phi) is 63.2. The number of rotatable bonds is 61. The zero-order valence-corrected chi connectivity index (χ0v) is 51.7. The van der Waals surface area contributed by atoms with Crippen molar-refractivity contribution in [2.45, 2.75) is 341 Å². The van der Waals surface area contributed by atoms with Crippen LogP contribution in [0, 0.1) is 0 Å². The lowest BCUT2D eigenvalue weighted by Gasteiger charge is -2.18. The summed E-state index contributed by atoms with van der Waals surface area (Å²) in [5.41, 5.74) is 0. The van der Waals surface area contributed by atoms with Crippen LogP contribution in [0.25, 0.3) is 0 Å². The van der Waals surface area contributed by atoms with E-state index in [-0.39, 0.29) is 31.1 Å². The summed E-state index contributed by atoms with van der Waals surface area (Å²) in [7, 11) is 0. The van der Waals surface area contributed by atoms with Gasteiger partial charge in [0.15, 0.2) is 6.10 Å². The first-order chi connectivity index (χ1) is 38.5. The molecule has 0 saturated carbocycles. The number of unbranched alkanes of at least 4 members (excludes halogenated alkanes) is 36. The molecule has 0 rings (SSSR count). The summed E-state index contributed by atoms with van der Waals surface area (Å²) in [4.78, 5) is 38.2. The van der Waals surface area contributed by atoms with Crippen molar-refractivity contribution in [2.75, 3.05) is 13.2 Å². The molecule has 0 bridgehead atoms. The summed E-state index contributed by atoms with van der Waals surface area (Å²) in [6.45, 7) is 6.54. The van der Waals surface area contributed by atoms with Gasteiger partial charge in [-0.25, -0.2) is 0 Å². The molecule has 0 aromatic rings. The highest BCUT2D eigenvalue weighted by atomic mass is 16.6. The number of carbonyl (C=O) groups excluding carboxylic acids is 3. The van der Waals surface area contributed by atoms with Crippen LogP contribution in [0.1, 0.15) is 335 Å². The van der Waals surface area contributed by atoms with Gasteiger partial charge in [-0.3, -0.25) is 14.4 Å². The van der Waals surface area contributed by atoms with Crippen molar-refractivity contribution in [2.24, 2.45) is 0 Å². The highest BCUT2D eigenvalue weighted by Crippen LogP contribution is 2.17. The van der Waals surface area contributed by atoms with E-state index < -0.39 is 6.10 Å². The Balaban J connectivity index is 4.11. The molecule has 6 nitrogen and oxygen atoms in total. The smallest absolute Gasteiger partial charge is 0.306 e. The molecule has 0 spiro atoms. The fourth-order valence-electron chi connectivity index (χ4n) is 9.66. The Morgan fingerprint density at radius 2 is 0.500 bits per heavy atom. The van der Waals surface area contributed by atoms with Crippen molar-refractivity contribution in [3.05, 3.63) is 85.1 Å². The van der Waals surface area contributed by atoms with Crippen molar-refractivity contribution in [1.29, 1.82) is 0 Å². The van der Waals surface area contributed by atoms with Crippen LogP contribution in [0.15, 0.2) is 85.1 Å². The van der Waals surface area contributed by atoms with Crippen molar-refractivity contribution in [1.82, 2.24) is 0 Å². The fourth-order valence-corrected chi connectivity index (χ4v) is 9.66. The van der Waals surface area contributed by atoms with Crippen LogP contribution in [-0.4, -0.2) is 37.2 Å². The van der Waals surface area contributed by atoms with Gasteiger partial charge in [-0.2, -0.15) is 0 Å². The van der Waals surface area contributed by atoms with E-state index in [4.69, 9.17) is 14.2 Å². The van der Waals surface area contributed by atoms with E-state index in [0.717, 1.165) is 103 Å². The zero-order chi connectivity index (χ0) is 56.4. The second-order valence-electron chi connectivity index (χ2n) is 22.4. The fraction of sp³-hybridized carbons (Fsp3) is 0.764. The van der Waals surface area contributed by atoms with Crippen LogP contribution in [-0.2, 0) is 28.6 Å². The summed E-state index contributed by atoms with van der Waals surface area (Å²) in [6, 6.07) is 0. The molecule has 0 aliphatic heterocycles. The molecule has 78 heavy (non-hydrogen) atoms. The lowest BCUT2D eigenvalue weighted by Crippen LogP contribution is -2.30. The molecule has 1 unspecified atom stereocenters. The summed E-state index contributed by atoms with van der Waals surface area (Å²) in [6.07, 6.45) is 87.6. The van der Waals surface area contributed by atoms with Crippen molar-refractivity contribution < 1.29 is 28.6 Å². The minimum absolute atomic E-state index is 0.0717. The summed E-state index contributed by atoms with van der Waals surface area (Å²) >= 11 is 0. The van der Waals surface area contributed by atoms with Gasteiger partial charge in [0, 0.05) is 19.3 Å². The van der Waals surface area contributed by atoms with Crippen LogP contribution in [0.3, 0.4) is 0 Å². The maximum Gasteiger partial charge on any atom is 0.306 e. The summed E-state index contributed by atoms with van der Waals surface area (Å²) in [5.74, 6) is -0.862. The first-order valence-electron chi connectivity index (χ1n) is 33.6. The lowest BCUT2D eigenvalue weighted by molar-refractivity contribution is -0.167. The van der Waals surface area contributed by atoms with Crippen LogP contribution in [0.4, 0.5) is 0 Å². The summed E-state index contributed by atoms with van der Waals surface area (Å²) in [5, 5.41) is 0. The average molecular weight is 1090 g/mol. The van der Waals surface area contributed by atoms with E-state index in [1.165, 1.54) is 193 Å². The number of allylic oxidation sites excluding steroid dienone is 14. The van der Waals surface area contributed by atoms with E-state index in [9.17, 15) is 14.4 Å². The van der Waals surface area contributed by atoms with Crippen LogP contribution < -0.4 is 0 Å². The maximum absolute atomic E-state index is 12.9. The molecule has 0 aliphatic rings. The van der Waals surface area contributed by atoms with Crippen LogP contribution in [0.2, 0.25) is 0 Å². The molecule has 0 aliphatic carbocycles. The molecule has 0 aromatic heterocycles. The molecular formula is C72H126O6. The predicted molar refractivity (Wildman–Crippen MR) is 339 cm³/mol. The number of hydrogen-bond acceptors (Lipinski definition) is 6. The van der Waals surface area contributed by atoms with Gasteiger partial charge >= 0.3 is 17.9 Å². The largest absolute Gasteiger partial charge is 0.462 e. The molecule has 6 heteroatoms. The van der Waals surface area contributed by atoms with Gasteiger partial charge in [-0.05, 0) is 77.0 Å². The minimum Gasteiger partial charge on any atom is -0.462 e. The number of esters is 3. The van der Waals surface area contributed by atoms with Gasteiger partial charge in [0.05, 0.1) is 0 Å². The number of ether oxygens (including phenoxy) is 3. The van der Waals surface area contributed by atoms with Crippen molar-refractivity contribution in [3.63, 3.8) is 0 Å². The summed E-state index contributed by atoms with van der Waals surface area (Å²) < 4.78 is 16.9. The van der Waals surface area contributed by atoms with Gasteiger partial charge < -0.3 is 14.2 Å². The monoisotopic (exact) mass is 1090 g/mol. The Labute approximate surface area is 484 Å². The van der Waals surface area contributed by atoms with E-state index in [1.807, 2.05) is 0 Å². The highest BCUT2D eigenvalue weighted by molar-refractivity contribution is 5.71. The number of carbonyl (C=O) groups is 3. The zero-order valence-electron chi connectivity index (χ0n) is 51.7. The Morgan fingerprint density at radius 3 is 0.782 bits per heavy atom. The Hall–Kier alpha value is -3.41. The van der Waals surface area contributed by atoms with Gasteiger partial charge in [0.2, 0.25) is 0 Å². The van der Waals surface area contributed by atoms with Crippen LogP contribution >= 0.6 is 0 Å². The van der Waals surface area contributed by atoms with Crippen molar-refractivity contribution >= 4 is 17.9 Å². The number of hydrogen-bond donors (Lipinski definition) is 0. The topological polar surface area (TPSA) is 78.9 Å². The standard InChI is InChI=1S/C72H126O6/c1-4-7-10-13-16-19-21-23-25-27-29-30-31-32-33-34-35-36-37-38-39-40-41-42-44-45-47-49-51-53-56-59-62-65-71(74)77-68-69(67-76-70(73)64-61-58-55-18-15-12-9-6-3)78-72(75)66-63-60-57-54-52-50-48-46-43-28-26-24-22-20-17-14-11-8-5-2/h7,10,16,19,23,25,29-30,32-33,35-36,38-39,69H,4-6,8-9,11-15,17-18,20-22,24,26-28,31,34,37,40-68H2,1-3H3/b10-7-,19-16-,25-23-,30-29-,33-32-,36-35-,39-38-. The molecule has 1 atom stereocenters. The quantitative estimate of drug-likeness (QED) is 0.0261. The molecular weight excluding hydrogens is 961 g/mol. The van der Waals surface area contributed by atoms with E-state index >= 15 is 0 Å². The third-order valence-corrected chi connectivity index (χ3v) is 14.7. The maximum atomic E-state index is 12.9.